The van der Waals surface area contributed by atoms with Crippen LogP contribution in [0, 0.1) is 12.8 Å². The van der Waals surface area contributed by atoms with Crippen LogP contribution in [0.5, 0.6) is 5.75 Å². The highest BCUT2D eigenvalue weighted by Crippen LogP contribution is 2.33. The van der Waals surface area contributed by atoms with Crippen LogP contribution in [0.25, 0.3) is 11.3 Å². The molecule has 1 aromatic heterocycles. The Morgan fingerprint density at radius 1 is 1.06 bits per heavy atom. The van der Waals surface area contributed by atoms with Crippen LogP contribution in [0.4, 0.5) is 5.13 Å². The fraction of sp³-hybridized carbons (Fsp3) is 0.308. The average molecular weight is 478 g/mol. The Balaban J connectivity index is 1.58. The highest BCUT2D eigenvalue weighted by molar-refractivity contribution is 7.16. The number of aromatic nitrogens is 1. The van der Waals surface area contributed by atoms with Gasteiger partial charge in [0.05, 0.1) is 23.4 Å². The van der Waals surface area contributed by atoms with Crippen LogP contribution >= 0.6 is 11.3 Å². The number of nitrogens with one attached hydrogen (secondary N) is 1. The van der Waals surface area contributed by atoms with Crippen molar-refractivity contribution >= 4 is 34.2 Å². The van der Waals surface area contributed by atoms with Gasteiger partial charge in [0.25, 0.3) is 11.8 Å². The molecule has 2 atom stereocenters. The second-order valence-corrected chi connectivity index (χ2v) is 9.43. The third-order valence-electron chi connectivity index (χ3n) is 6.02. The van der Waals surface area contributed by atoms with Crippen LogP contribution in [0.2, 0.25) is 0 Å². The number of anilines is 1. The van der Waals surface area contributed by atoms with Crippen LogP contribution in [0.15, 0.2) is 48.5 Å². The topological polar surface area (TPSA) is 88.6 Å². The Kier molecular flexibility index (Phi) is 6.79. The van der Waals surface area contributed by atoms with Gasteiger partial charge in [0.1, 0.15) is 11.8 Å². The van der Waals surface area contributed by atoms with E-state index in [1.165, 1.54) is 11.3 Å². The van der Waals surface area contributed by atoms with Gasteiger partial charge in [-0.25, -0.2) is 4.98 Å². The van der Waals surface area contributed by atoms with E-state index < -0.39 is 23.8 Å². The molecule has 4 rings (SSSR count). The number of ether oxygens (including phenoxy) is 1. The molecular formula is C26H27N3O4S. The molecule has 1 N–H and O–H groups in total. The molecule has 0 radical (unpaired) electrons. The fourth-order valence-corrected chi connectivity index (χ4v) is 4.93. The number of hydrogen-bond acceptors (Lipinski definition) is 6. The number of imide groups is 1. The highest BCUT2D eigenvalue weighted by Gasteiger charge is 2.44. The maximum absolute atomic E-state index is 13.4. The molecule has 34 heavy (non-hydrogen) atoms. The number of benzene rings is 2. The molecule has 1 aliphatic heterocycles. The zero-order valence-corrected chi connectivity index (χ0v) is 20.4. The third-order valence-corrected chi connectivity index (χ3v) is 6.91. The third kappa shape index (κ3) is 4.33. The van der Waals surface area contributed by atoms with Crippen molar-refractivity contribution in [3.8, 4) is 17.0 Å². The number of aryl methyl sites for hydroxylation is 1. The first-order valence-electron chi connectivity index (χ1n) is 11.3. The molecule has 3 amide bonds. The predicted molar refractivity (Wildman–Crippen MR) is 132 cm³/mol. The number of carbonyl (C=O) groups excluding carboxylic acids is 3. The molecule has 0 saturated heterocycles. The van der Waals surface area contributed by atoms with Gasteiger partial charge < -0.3 is 10.1 Å². The number of amides is 3. The van der Waals surface area contributed by atoms with Gasteiger partial charge in [-0.05, 0) is 56.2 Å². The van der Waals surface area contributed by atoms with Crippen LogP contribution < -0.4 is 10.1 Å². The predicted octanol–water partition coefficient (Wildman–Crippen LogP) is 5.17. The van der Waals surface area contributed by atoms with Gasteiger partial charge in [0.15, 0.2) is 5.13 Å². The number of rotatable bonds is 8. The van der Waals surface area contributed by atoms with Gasteiger partial charge >= 0.3 is 0 Å². The highest BCUT2D eigenvalue weighted by atomic mass is 32.1. The Labute approximate surface area is 202 Å². The molecule has 2 aromatic carbocycles. The Hall–Kier alpha value is -3.52. The summed E-state index contributed by atoms with van der Waals surface area (Å²) in [6.45, 7) is 8.26. The first-order valence-corrected chi connectivity index (χ1v) is 12.2. The standard InChI is InChI=1S/C26H27N3O4S/c1-5-15(3)22(29-24(31)19-9-7-8-10-20(19)25(29)32)23(30)28-26-27-21(16(4)34-26)17-11-13-18(14-12-17)33-6-2/h7-15,22H,5-6H2,1-4H3,(H,27,28,30). The van der Waals surface area contributed by atoms with Crippen molar-refractivity contribution in [3.63, 3.8) is 0 Å². The largest absolute Gasteiger partial charge is 0.494 e. The van der Waals surface area contributed by atoms with Gasteiger partial charge in [-0.3, -0.25) is 19.3 Å². The van der Waals surface area contributed by atoms with E-state index in [1.807, 2.05) is 52.0 Å². The molecule has 2 unspecified atom stereocenters. The summed E-state index contributed by atoms with van der Waals surface area (Å²) in [5.41, 5.74) is 2.34. The van der Waals surface area contributed by atoms with Crippen molar-refractivity contribution in [1.82, 2.24) is 9.88 Å². The van der Waals surface area contributed by atoms with E-state index in [9.17, 15) is 14.4 Å². The van der Waals surface area contributed by atoms with Crippen molar-refractivity contribution in [1.29, 1.82) is 0 Å². The molecule has 1 aliphatic rings. The monoisotopic (exact) mass is 477 g/mol. The molecule has 176 valence electrons. The molecule has 0 saturated carbocycles. The molecule has 0 spiro atoms. The van der Waals surface area contributed by atoms with E-state index in [0.717, 1.165) is 26.8 Å². The van der Waals surface area contributed by atoms with E-state index in [1.54, 1.807) is 24.3 Å². The van der Waals surface area contributed by atoms with Crippen molar-refractivity contribution in [2.24, 2.45) is 5.92 Å². The summed E-state index contributed by atoms with van der Waals surface area (Å²) in [6.07, 6.45) is 0.625. The minimum atomic E-state index is -0.935. The zero-order chi connectivity index (χ0) is 24.4. The quantitative estimate of drug-likeness (QED) is 0.453. The lowest BCUT2D eigenvalue weighted by Crippen LogP contribution is -2.50. The van der Waals surface area contributed by atoms with E-state index in [0.29, 0.717) is 29.3 Å². The molecule has 7 nitrogen and oxygen atoms in total. The van der Waals surface area contributed by atoms with Gasteiger partial charge in [0, 0.05) is 10.4 Å². The van der Waals surface area contributed by atoms with Gasteiger partial charge in [-0.2, -0.15) is 0 Å². The Morgan fingerprint density at radius 3 is 2.24 bits per heavy atom. The van der Waals surface area contributed by atoms with Crippen LogP contribution in [0.1, 0.15) is 52.8 Å². The SMILES string of the molecule is CCOc1ccc(-c2nc(NC(=O)C(C(C)CC)N3C(=O)c4ccccc4C3=O)sc2C)cc1. The summed E-state index contributed by atoms with van der Waals surface area (Å²) in [7, 11) is 0. The van der Waals surface area contributed by atoms with Gasteiger partial charge in [-0.15, -0.1) is 11.3 Å². The summed E-state index contributed by atoms with van der Waals surface area (Å²) in [5.74, 6) is -0.743. The van der Waals surface area contributed by atoms with Crippen molar-refractivity contribution in [2.75, 3.05) is 11.9 Å². The molecule has 0 aliphatic carbocycles. The van der Waals surface area contributed by atoms with Gasteiger partial charge in [-0.1, -0.05) is 32.4 Å². The van der Waals surface area contributed by atoms with Gasteiger partial charge in [0.2, 0.25) is 5.91 Å². The van der Waals surface area contributed by atoms with Crippen molar-refractivity contribution in [2.45, 2.75) is 40.2 Å². The first kappa shape index (κ1) is 23.6. The zero-order valence-electron chi connectivity index (χ0n) is 19.6. The molecule has 0 fully saturated rings. The van der Waals surface area contributed by atoms with E-state index in [4.69, 9.17) is 4.74 Å². The molecular weight excluding hydrogens is 450 g/mol. The number of nitrogens with zero attached hydrogens (tertiary/aromatic N) is 2. The lowest BCUT2D eigenvalue weighted by Gasteiger charge is -2.29. The second-order valence-electron chi connectivity index (χ2n) is 8.23. The number of carbonyl (C=O) groups is 3. The van der Waals surface area contributed by atoms with E-state index in [2.05, 4.69) is 10.3 Å². The summed E-state index contributed by atoms with van der Waals surface area (Å²) in [6, 6.07) is 13.4. The maximum Gasteiger partial charge on any atom is 0.262 e. The Morgan fingerprint density at radius 2 is 1.68 bits per heavy atom. The first-order chi connectivity index (χ1) is 16.3. The summed E-state index contributed by atoms with van der Waals surface area (Å²) in [4.78, 5) is 46.2. The Bertz CT molecular complexity index is 1200. The van der Waals surface area contributed by atoms with Crippen molar-refractivity contribution in [3.05, 3.63) is 64.5 Å². The molecule has 3 aromatic rings. The lowest BCUT2D eigenvalue weighted by molar-refractivity contribution is -0.121. The minimum absolute atomic E-state index is 0.228. The van der Waals surface area contributed by atoms with E-state index in [-0.39, 0.29) is 5.92 Å². The number of fused-ring (bicyclic) bond motifs is 1. The maximum atomic E-state index is 13.4. The van der Waals surface area contributed by atoms with Crippen molar-refractivity contribution < 1.29 is 19.1 Å². The number of hydrogen-bond donors (Lipinski definition) is 1. The summed E-state index contributed by atoms with van der Waals surface area (Å²) < 4.78 is 5.50. The lowest BCUT2D eigenvalue weighted by atomic mass is 9.96. The second kappa shape index (κ2) is 9.77. The molecule has 2 heterocycles. The smallest absolute Gasteiger partial charge is 0.262 e. The fourth-order valence-electron chi connectivity index (χ4n) is 4.09. The minimum Gasteiger partial charge on any atom is -0.494 e. The average Bonchev–Trinajstić information content (AvgIpc) is 3.32. The summed E-state index contributed by atoms with van der Waals surface area (Å²) >= 11 is 1.36. The molecule has 0 bridgehead atoms. The van der Waals surface area contributed by atoms with E-state index >= 15 is 0 Å². The van der Waals surface area contributed by atoms with Crippen LogP contribution in [-0.4, -0.2) is 40.3 Å². The summed E-state index contributed by atoms with van der Waals surface area (Å²) in [5, 5.41) is 3.29. The normalized spacial score (nSPS) is 14.6. The van der Waals surface area contributed by atoms with Crippen LogP contribution in [0.3, 0.4) is 0 Å². The molecule has 8 heteroatoms. The van der Waals surface area contributed by atoms with Crippen LogP contribution in [-0.2, 0) is 4.79 Å². The number of thiazole rings is 1.